The Hall–Kier alpha value is -1.88. The summed E-state index contributed by atoms with van der Waals surface area (Å²) in [6, 6.07) is 8.70. The molecule has 1 aromatic carbocycles. The summed E-state index contributed by atoms with van der Waals surface area (Å²) >= 11 is 0. The Labute approximate surface area is 150 Å². The normalized spacial score (nSPS) is 21.4. The number of likely N-dealkylation sites (tertiary alicyclic amines) is 1. The Balaban J connectivity index is 1.57. The summed E-state index contributed by atoms with van der Waals surface area (Å²) in [4.78, 5) is 28.6. The first-order chi connectivity index (χ1) is 12.1. The summed E-state index contributed by atoms with van der Waals surface area (Å²) in [5, 5.41) is 2.73. The number of nitrogens with one attached hydrogen (secondary N) is 1. The van der Waals surface area contributed by atoms with Crippen molar-refractivity contribution in [2.75, 3.05) is 33.7 Å². The lowest BCUT2D eigenvalue weighted by Crippen LogP contribution is -2.45. The van der Waals surface area contributed by atoms with Crippen molar-refractivity contribution < 1.29 is 9.59 Å². The predicted octanol–water partition coefficient (Wildman–Crippen LogP) is 1.98. The van der Waals surface area contributed by atoms with Gasteiger partial charge in [0, 0.05) is 20.0 Å². The molecular formula is C20H29N3O2. The van der Waals surface area contributed by atoms with Crippen molar-refractivity contribution in [1.29, 1.82) is 0 Å². The van der Waals surface area contributed by atoms with Crippen molar-refractivity contribution in [3.8, 4) is 0 Å². The van der Waals surface area contributed by atoms with E-state index in [9.17, 15) is 9.59 Å². The van der Waals surface area contributed by atoms with E-state index in [1.165, 1.54) is 11.1 Å². The van der Waals surface area contributed by atoms with Crippen LogP contribution in [0.4, 0.5) is 0 Å². The monoisotopic (exact) mass is 343 g/mol. The molecule has 0 radical (unpaired) electrons. The topological polar surface area (TPSA) is 52.7 Å². The van der Waals surface area contributed by atoms with Crippen LogP contribution in [0.1, 0.15) is 42.9 Å². The van der Waals surface area contributed by atoms with Crippen LogP contribution in [0.25, 0.3) is 0 Å². The molecule has 0 bridgehead atoms. The average Bonchev–Trinajstić information content (AvgIpc) is 2.67. The number of likely N-dealkylation sites (N-methyl/N-ethyl adjacent to an activating group) is 1. The summed E-state index contributed by atoms with van der Waals surface area (Å²) in [7, 11) is 3.63. The van der Waals surface area contributed by atoms with Crippen LogP contribution in [0.15, 0.2) is 24.3 Å². The maximum absolute atomic E-state index is 12.8. The number of benzene rings is 1. The van der Waals surface area contributed by atoms with Crippen LogP contribution in [0.3, 0.4) is 0 Å². The molecule has 1 fully saturated rings. The Morgan fingerprint density at radius 2 is 1.92 bits per heavy atom. The van der Waals surface area contributed by atoms with Gasteiger partial charge in [0.15, 0.2) is 0 Å². The minimum Gasteiger partial charge on any atom is -0.359 e. The Kier molecular flexibility index (Phi) is 5.74. The molecule has 5 heteroatoms. The van der Waals surface area contributed by atoms with Crippen LogP contribution < -0.4 is 5.32 Å². The number of carbonyl (C=O) groups is 2. The first kappa shape index (κ1) is 17.9. The van der Waals surface area contributed by atoms with Gasteiger partial charge in [-0.1, -0.05) is 24.3 Å². The number of fused-ring (bicyclic) bond motifs is 1. The van der Waals surface area contributed by atoms with Crippen molar-refractivity contribution in [2.24, 2.45) is 5.92 Å². The number of carbonyl (C=O) groups excluding carboxylic acids is 2. The smallest absolute Gasteiger partial charge is 0.237 e. The van der Waals surface area contributed by atoms with E-state index >= 15 is 0 Å². The third-order valence-corrected chi connectivity index (χ3v) is 5.76. The van der Waals surface area contributed by atoms with Crippen molar-refractivity contribution >= 4 is 11.8 Å². The third-order valence-electron chi connectivity index (χ3n) is 5.76. The van der Waals surface area contributed by atoms with E-state index < -0.39 is 0 Å². The highest BCUT2D eigenvalue weighted by Crippen LogP contribution is 2.33. The maximum atomic E-state index is 12.8. The van der Waals surface area contributed by atoms with Gasteiger partial charge in [-0.25, -0.2) is 0 Å². The van der Waals surface area contributed by atoms with Crippen LogP contribution in [0.2, 0.25) is 0 Å². The van der Waals surface area contributed by atoms with Gasteiger partial charge in [-0.3, -0.25) is 14.5 Å². The molecule has 5 nitrogen and oxygen atoms in total. The van der Waals surface area contributed by atoms with Crippen LogP contribution >= 0.6 is 0 Å². The predicted molar refractivity (Wildman–Crippen MR) is 98.1 cm³/mol. The molecule has 1 unspecified atom stereocenters. The van der Waals surface area contributed by atoms with E-state index in [1.807, 2.05) is 11.9 Å². The van der Waals surface area contributed by atoms with Crippen molar-refractivity contribution in [3.63, 3.8) is 0 Å². The summed E-state index contributed by atoms with van der Waals surface area (Å²) in [6.07, 6.45) is 4.96. The Morgan fingerprint density at radius 3 is 2.64 bits per heavy atom. The standard InChI is InChI=1S/C20H29N3O2/c1-21-20(25)16-10-12-23(13-11-16)14-19(24)22(2)18-9-5-7-15-6-3-4-8-17(15)18/h3-4,6,8,16,18H,5,7,9-14H2,1-2H3,(H,21,25). The van der Waals surface area contributed by atoms with Gasteiger partial charge in [0.25, 0.3) is 0 Å². The molecule has 0 spiro atoms. The van der Waals surface area contributed by atoms with Crippen molar-refractivity contribution in [3.05, 3.63) is 35.4 Å². The van der Waals surface area contributed by atoms with Gasteiger partial charge >= 0.3 is 0 Å². The molecule has 1 aromatic rings. The number of piperidine rings is 1. The maximum Gasteiger partial charge on any atom is 0.237 e. The minimum atomic E-state index is 0.0966. The van der Waals surface area contributed by atoms with Crippen LogP contribution in [-0.4, -0.2) is 55.3 Å². The van der Waals surface area contributed by atoms with E-state index in [2.05, 4.69) is 34.5 Å². The fraction of sp³-hybridized carbons (Fsp3) is 0.600. The van der Waals surface area contributed by atoms with Crippen LogP contribution in [0, 0.1) is 5.92 Å². The summed E-state index contributed by atoms with van der Waals surface area (Å²) in [5.74, 6) is 0.404. The molecule has 1 aliphatic heterocycles. The molecule has 1 atom stereocenters. The number of amides is 2. The summed E-state index contributed by atoms with van der Waals surface area (Å²) < 4.78 is 0. The van der Waals surface area contributed by atoms with E-state index in [1.54, 1.807) is 7.05 Å². The number of hydrogen-bond donors (Lipinski definition) is 1. The van der Waals surface area contributed by atoms with Gasteiger partial charge < -0.3 is 10.2 Å². The zero-order valence-electron chi connectivity index (χ0n) is 15.3. The SMILES string of the molecule is CNC(=O)C1CCN(CC(=O)N(C)C2CCCc3ccccc32)CC1. The number of hydrogen-bond acceptors (Lipinski definition) is 3. The summed E-state index contributed by atoms with van der Waals surface area (Å²) in [6.45, 7) is 2.09. The molecule has 1 N–H and O–H groups in total. The lowest BCUT2D eigenvalue weighted by molar-refractivity contribution is -0.134. The van der Waals surface area contributed by atoms with Crippen LogP contribution in [0.5, 0.6) is 0 Å². The van der Waals surface area contributed by atoms with Gasteiger partial charge in [0.2, 0.25) is 11.8 Å². The number of rotatable bonds is 4. The molecule has 0 saturated carbocycles. The number of aryl methyl sites for hydroxylation is 1. The van der Waals surface area contributed by atoms with Gasteiger partial charge in [0.1, 0.15) is 0 Å². The second kappa shape index (κ2) is 8.00. The Morgan fingerprint density at radius 1 is 1.20 bits per heavy atom. The lowest BCUT2D eigenvalue weighted by Gasteiger charge is -2.36. The molecule has 0 aromatic heterocycles. The average molecular weight is 343 g/mol. The Bertz CT molecular complexity index is 623. The van der Waals surface area contributed by atoms with Gasteiger partial charge in [0.05, 0.1) is 12.6 Å². The van der Waals surface area contributed by atoms with Crippen molar-refractivity contribution in [1.82, 2.24) is 15.1 Å². The van der Waals surface area contributed by atoms with E-state index in [4.69, 9.17) is 0 Å². The molecule has 1 saturated heterocycles. The molecule has 25 heavy (non-hydrogen) atoms. The highest BCUT2D eigenvalue weighted by molar-refractivity contribution is 5.79. The van der Waals surface area contributed by atoms with Gasteiger partial charge in [-0.15, -0.1) is 0 Å². The lowest BCUT2D eigenvalue weighted by atomic mass is 9.87. The zero-order valence-corrected chi connectivity index (χ0v) is 15.3. The molecule has 136 valence electrons. The van der Waals surface area contributed by atoms with Crippen molar-refractivity contribution in [2.45, 2.75) is 38.1 Å². The fourth-order valence-corrected chi connectivity index (χ4v) is 4.16. The molecule has 2 aliphatic rings. The first-order valence-corrected chi connectivity index (χ1v) is 9.37. The number of nitrogens with zero attached hydrogens (tertiary/aromatic N) is 2. The first-order valence-electron chi connectivity index (χ1n) is 9.37. The second-order valence-corrected chi connectivity index (χ2v) is 7.28. The third kappa shape index (κ3) is 4.03. The van der Waals surface area contributed by atoms with Gasteiger partial charge in [-0.2, -0.15) is 0 Å². The second-order valence-electron chi connectivity index (χ2n) is 7.28. The highest BCUT2D eigenvalue weighted by atomic mass is 16.2. The fourth-order valence-electron chi connectivity index (χ4n) is 4.16. The quantitative estimate of drug-likeness (QED) is 0.909. The van der Waals surface area contributed by atoms with E-state index in [-0.39, 0.29) is 23.8 Å². The highest BCUT2D eigenvalue weighted by Gasteiger charge is 2.29. The summed E-state index contributed by atoms with van der Waals surface area (Å²) in [5.41, 5.74) is 2.69. The largest absolute Gasteiger partial charge is 0.359 e. The molecular weight excluding hydrogens is 314 g/mol. The van der Waals surface area contributed by atoms with Crippen LogP contribution in [-0.2, 0) is 16.0 Å². The zero-order chi connectivity index (χ0) is 17.8. The molecule has 1 heterocycles. The van der Waals surface area contributed by atoms with E-state index in [0.717, 1.165) is 45.2 Å². The molecule has 1 aliphatic carbocycles. The van der Waals surface area contributed by atoms with Gasteiger partial charge in [-0.05, 0) is 56.3 Å². The molecule has 2 amide bonds. The minimum absolute atomic E-state index is 0.0966. The molecule has 3 rings (SSSR count). The van der Waals surface area contributed by atoms with E-state index in [0.29, 0.717) is 6.54 Å².